The molecule has 1 N–H and O–H groups in total. The topological polar surface area (TPSA) is 97.2 Å². The fourth-order valence-corrected chi connectivity index (χ4v) is 1.93. The van der Waals surface area contributed by atoms with Gasteiger partial charge in [-0.25, -0.2) is 9.07 Å². The number of amides is 3. The first-order valence-corrected chi connectivity index (χ1v) is 6.85. The van der Waals surface area contributed by atoms with Crippen LogP contribution in [-0.2, 0) is 27.3 Å². The van der Waals surface area contributed by atoms with Crippen LogP contribution in [0.2, 0.25) is 0 Å². The van der Waals surface area contributed by atoms with Crippen molar-refractivity contribution in [2.24, 2.45) is 0 Å². The predicted molar refractivity (Wildman–Crippen MR) is 73.2 cm³/mol. The molecule has 1 aliphatic rings. The molecule has 2 rings (SSSR count). The fourth-order valence-electron chi connectivity index (χ4n) is 1.93. The van der Waals surface area contributed by atoms with Gasteiger partial charge in [-0.1, -0.05) is 5.21 Å². The number of nitrogens with one attached hydrogen (secondary N) is 1. The molecule has 0 saturated carbocycles. The van der Waals surface area contributed by atoms with Crippen molar-refractivity contribution in [3.8, 4) is 0 Å². The van der Waals surface area contributed by atoms with E-state index in [1.807, 2.05) is 0 Å². The van der Waals surface area contributed by atoms with Gasteiger partial charge >= 0.3 is 0 Å². The van der Waals surface area contributed by atoms with Gasteiger partial charge in [0.1, 0.15) is 6.67 Å². The van der Waals surface area contributed by atoms with E-state index in [2.05, 4.69) is 15.6 Å². The number of nitrogens with zero attached hydrogens (tertiary/aromatic N) is 4. The summed E-state index contributed by atoms with van der Waals surface area (Å²) in [5.41, 5.74) is 0.655. The van der Waals surface area contributed by atoms with Gasteiger partial charge in [-0.3, -0.25) is 19.3 Å². The lowest BCUT2D eigenvalue weighted by Crippen LogP contribution is -2.35. The van der Waals surface area contributed by atoms with E-state index in [1.165, 1.54) is 16.8 Å². The number of aromatic nitrogens is 3. The van der Waals surface area contributed by atoms with Crippen molar-refractivity contribution in [2.45, 2.75) is 19.4 Å². The van der Waals surface area contributed by atoms with Crippen LogP contribution in [0.25, 0.3) is 0 Å². The van der Waals surface area contributed by atoms with Crippen LogP contribution < -0.4 is 5.32 Å². The third-order valence-electron chi connectivity index (χ3n) is 3.07. The first kappa shape index (κ1) is 15.8. The SMILES string of the molecule is O=C(CCN1C(=O)C=CC1=O)NCCc1cn(CCF)nn1. The molecule has 3 amide bonds. The Kier molecular flexibility index (Phi) is 5.34. The van der Waals surface area contributed by atoms with Gasteiger partial charge in [0.2, 0.25) is 5.91 Å². The molecule has 2 heterocycles. The molecule has 22 heavy (non-hydrogen) atoms. The summed E-state index contributed by atoms with van der Waals surface area (Å²) in [6.07, 6.45) is 4.51. The van der Waals surface area contributed by atoms with E-state index in [0.29, 0.717) is 18.7 Å². The fraction of sp³-hybridized carbons (Fsp3) is 0.462. The molecular weight excluding hydrogens is 293 g/mol. The summed E-state index contributed by atoms with van der Waals surface area (Å²) in [5, 5.41) is 10.3. The van der Waals surface area contributed by atoms with Crippen LogP contribution in [0.1, 0.15) is 12.1 Å². The van der Waals surface area contributed by atoms with Crippen molar-refractivity contribution in [1.82, 2.24) is 25.2 Å². The van der Waals surface area contributed by atoms with Crippen LogP contribution >= 0.6 is 0 Å². The summed E-state index contributed by atoms with van der Waals surface area (Å²) in [6.45, 7) is 0.0596. The molecule has 9 heteroatoms. The largest absolute Gasteiger partial charge is 0.356 e. The summed E-state index contributed by atoms with van der Waals surface area (Å²) in [6, 6.07) is 0. The lowest BCUT2D eigenvalue weighted by molar-refractivity contribution is -0.137. The van der Waals surface area contributed by atoms with Crippen LogP contribution in [0.4, 0.5) is 4.39 Å². The van der Waals surface area contributed by atoms with E-state index in [0.717, 1.165) is 4.90 Å². The van der Waals surface area contributed by atoms with E-state index in [4.69, 9.17) is 0 Å². The van der Waals surface area contributed by atoms with Crippen LogP contribution in [-0.4, -0.2) is 57.4 Å². The second-order valence-corrected chi connectivity index (χ2v) is 4.67. The molecular formula is C13H16FN5O3. The third-order valence-corrected chi connectivity index (χ3v) is 3.07. The number of hydrogen-bond acceptors (Lipinski definition) is 5. The Morgan fingerprint density at radius 1 is 1.23 bits per heavy atom. The highest BCUT2D eigenvalue weighted by molar-refractivity contribution is 6.13. The van der Waals surface area contributed by atoms with Crippen molar-refractivity contribution >= 4 is 17.7 Å². The summed E-state index contributed by atoms with van der Waals surface area (Å²) in [5.74, 6) is -1.06. The number of rotatable bonds is 8. The smallest absolute Gasteiger partial charge is 0.253 e. The van der Waals surface area contributed by atoms with E-state index in [9.17, 15) is 18.8 Å². The van der Waals surface area contributed by atoms with Gasteiger partial charge in [0.15, 0.2) is 0 Å². The average Bonchev–Trinajstić information content (AvgIpc) is 3.05. The molecule has 0 radical (unpaired) electrons. The standard InChI is InChI=1S/C13H16FN5O3/c14-5-8-18-9-10(16-17-18)3-6-15-11(20)4-7-19-12(21)1-2-13(19)22/h1-2,9H,3-8H2,(H,15,20). The summed E-state index contributed by atoms with van der Waals surface area (Å²) in [7, 11) is 0. The van der Waals surface area contributed by atoms with Crippen molar-refractivity contribution < 1.29 is 18.8 Å². The van der Waals surface area contributed by atoms with Gasteiger partial charge < -0.3 is 5.32 Å². The Morgan fingerprint density at radius 3 is 2.64 bits per heavy atom. The Morgan fingerprint density at radius 2 is 1.95 bits per heavy atom. The highest BCUT2D eigenvalue weighted by Crippen LogP contribution is 2.04. The summed E-state index contributed by atoms with van der Waals surface area (Å²) in [4.78, 5) is 35.2. The van der Waals surface area contributed by atoms with Gasteiger partial charge in [0, 0.05) is 44.3 Å². The molecule has 0 aliphatic carbocycles. The number of halogens is 1. The maximum atomic E-state index is 12.1. The van der Waals surface area contributed by atoms with E-state index in [1.54, 1.807) is 6.20 Å². The molecule has 0 fully saturated rings. The minimum atomic E-state index is -0.512. The second-order valence-electron chi connectivity index (χ2n) is 4.67. The van der Waals surface area contributed by atoms with E-state index >= 15 is 0 Å². The van der Waals surface area contributed by atoms with Gasteiger partial charge in [0.05, 0.1) is 12.2 Å². The zero-order chi connectivity index (χ0) is 15.9. The number of imide groups is 1. The highest BCUT2D eigenvalue weighted by atomic mass is 19.1. The number of hydrogen-bond donors (Lipinski definition) is 1. The highest BCUT2D eigenvalue weighted by Gasteiger charge is 2.23. The quantitative estimate of drug-likeness (QED) is 0.635. The molecule has 0 aromatic carbocycles. The molecule has 0 unspecified atom stereocenters. The van der Waals surface area contributed by atoms with Crippen LogP contribution in [0.15, 0.2) is 18.3 Å². The molecule has 0 spiro atoms. The Labute approximate surface area is 126 Å². The van der Waals surface area contributed by atoms with Crippen molar-refractivity contribution in [1.29, 1.82) is 0 Å². The minimum absolute atomic E-state index is 0.0493. The van der Waals surface area contributed by atoms with Crippen molar-refractivity contribution in [2.75, 3.05) is 19.8 Å². The zero-order valence-corrected chi connectivity index (χ0v) is 11.9. The molecule has 0 atom stereocenters. The molecule has 0 bridgehead atoms. The third kappa shape index (κ3) is 4.21. The van der Waals surface area contributed by atoms with Gasteiger partial charge in [-0.05, 0) is 0 Å². The molecule has 0 saturated heterocycles. The average molecular weight is 309 g/mol. The summed E-state index contributed by atoms with van der Waals surface area (Å²) >= 11 is 0. The monoisotopic (exact) mass is 309 g/mol. The van der Waals surface area contributed by atoms with E-state index < -0.39 is 18.5 Å². The van der Waals surface area contributed by atoms with Crippen molar-refractivity contribution in [3.63, 3.8) is 0 Å². The number of carbonyl (C=O) groups excluding carboxylic acids is 3. The number of alkyl halides is 1. The molecule has 1 aromatic rings. The van der Waals surface area contributed by atoms with Crippen LogP contribution in [0, 0.1) is 0 Å². The van der Waals surface area contributed by atoms with Crippen LogP contribution in [0.3, 0.4) is 0 Å². The Balaban J connectivity index is 1.65. The summed E-state index contributed by atoms with van der Waals surface area (Å²) < 4.78 is 13.5. The normalized spacial score (nSPS) is 14.0. The van der Waals surface area contributed by atoms with Crippen molar-refractivity contribution in [3.05, 3.63) is 24.0 Å². The lowest BCUT2D eigenvalue weighted by Gasteiger charge is -2.13. The maximum Gasteiger partial charge on any atom is 0.253 e. The van der Waals surface area contributed by atoms with Gasteiger partial charge in [-0.2, -0.15) is 0 Å². The van der Waals surface area contributed by atoms with Crippen LogP contribution in [0.5, 0.6) is 0 Å². The zero-order valence-electron chi connectivity index (χ0n) is 11.9. The molecule has 8 nitrogen and oxygen atoms in total. The maximum absolute atomic E-state index is 12.1. The molecule has 1 aromatic heterocycles. The van der Waals surface area contributed by atoms with Gasteiger partial charge in [0.25, 0.3) is 11.8 Å². The molecule has 1 aliphatic heterocycles. The first-order chi connectivity index (χ1) is 10.6. The molecule has 118 valence electrons. The first-order valence-electron chi connectivity index (χ1n) is 6.85. The number of aryl methyl sites for hydroxylation is 1. The minimum Gasteiger partial charge on any atom is -0.356 e. The predicted octanol–water partition coefficient (Wildman–Crippen LogP) is -0.779. The Hall–Kier alpha value is -2.58. The van der Waals surface area contributed by atoms with Gasteiger partial charge in [-0.15, -0.1) is 5.10 Å². The number of carbonyl (C=O) groups is 3. The lowest BCUT2D eigenvalue weighted by atomic mass is 10.3. The van der Waals surface area contributed by atoms with E-state index in [-0.39, 0.29) is 25.4 Å². The second kappa shape index (κ2) is 7.43. The Bertz CT molecular complexity index is 580.